The zero-order chi connectivity index (χ0) is 24.1. The Bertz CT molecular complexity index is 1320. The molecule has 176 valence electrons. The van der Waals surface area contributed by atoms with E-state index in [2.05, 4.69) is 0 Å². The van der Waals surface area contributed by atoms with Gasteiger partial charge in [0.25, 0.3) is 10.0 Å². The molecule has 0 saturated heterocycles. The number of carbonyl (C=O) groups excluding carboxylic acids is 1. The number of methoxy groups -OCH3 is 2. The predicted octanol–water partition coefficient (Wildman–Crippen LogP) is 4.21. The van der Waals surface area contributed by atoms with Crippen LogP contribution in [0.4, 0.5) is 5.69 Å². The van der Waals surface area contributed by atoms with Crippen molar-refractivity contribution < 1.29 is 27.4 Å². The van der Waals surface area contributed by atoms with Crippen molar-refractivity contribution in [3.8, 4) is 11.5 Å². The third kappa shape index (κ3) is 4.77. The van der Waals surface area contributed by atoms with E-state index in [1.807, 2.05) is 48.5 Å². The van der Waals surface area contributed by atoms with Crippen LogP contribution >= 0.6 is 0 Å². The van der Waals surface area contributed by atoms with Gasteiger partial charge in [-0.15, -0.1) is 0 Å². The van der Waals surface area contributed by atoms with Gasteiger partial charge in [0, 0.05) is 12.6 Å². The molecule has 0 aliphatic carbocycles. The lowest BCUT2D eigenvalue weighted by Gasteiger charge is -2.22. The van der Waals surface area contributed by atoms with Crippen molar-refractivity contribution in [2.75, 3.05) is 25.1 Å². The molecule has 0 atom stereocenters. The molecule has 0 amide bonds. The fourth-order valence-electron chi connectivity index (χ4n) is 3.86. The van der Waals surface area contributed by atoms with Crippen LogP contribution < -0.4 is 13.8 Å². The molecule has 0 bridgehead atoms. The monoisotopic (exact) mass is 479 g/mol. The lowest BCUT2D eigenvalue weighted by atomic mass is 10.2. The van der Waals surface area contributed by atoms with E-state index < -0.39 is 16.0 Å². The Kier molecular flexibility index (Phi) is 6.88. The minimum atomic E-state index is -3.96. The van der Waals surface area contributed by atoms with Gasteiger partial charge in [0.2, 0.25) is 0 Å². The smallest absolute Gasteiger partial charge is 0.331 e. The van der Waals surface area contributed by atoms with Crippen LogP contribution in [-0.4, -0.2) is 35.2 Å². The second-order valence-corrected chi connectivity index (χ2v) is 9.47. The highest BCUT2D eigenvalue weighted by Crippen LogP contribution is 2.40. The third-order valence-corrected chi connectivity index (χ3v) is 7.33. The summed E-state index contributed by atoms with van der Waals surface area (Å²) in [6, 6.07) is 19.8. The normalized spacial score (nSPS) is 13.1. The molecule has 4 rings (SSSR count). The molecule has 0 aromatic heterocycles. The zero-order valence-corrected chi connectivity index (χ0v) is 19.7. The minimum Gasteiger partial charge on any atom is -0.493 e. The lowest BCUT2D eigenvalue weighted by Crippen LogP contribution is -2.29. The molecule has 7 nitrogen and oxygen atoms in total. The number of hydrogen-bond acceptors (Lipinski definition) is 6. The van der Waals surface area contributed by atoms with Crippen LogP contribution in [0.3, 0.4) is 0 Å². The molecule has 0 unspecified atom stereocenters. The number of ether oxygens (including phenoxy) is 3. The fraction of sp³-hybridized carbons (Fsp3) is 0.192. The summed E-state index contributed by atoms with van der Waals surface area (Å²) in [7, 11) is -1.13. The van der Waals surface area contributed by atoms with Crippen LogP contribution in [0.2, 0.25) is 0 Å². The van der Waals surface area contributed by atoms with Crippen molar-refractivity contribution in [3.05, 3.63) is 89.5 Å². The maximum absolute atomic E-state index is 13.7. The van der Waals surface area contributed by atoms with E-state index in [1.165, 1.54) is 36.7 Å². The van der Waals surface area contributed by atoms with Crippen molar-refractivity contribution in [3.63, 3.8) is 0 Å². The molecule has 34 heavy (non-hydrogen) atoms. The van der Waals surface area contributed by atoms with Crippen LogP contribution in [-0.2, 0) is 32.6 Å². The van der Waals surface area contributed by atoms with Crippen molar-refractivity contribution in [1.82, 2.24) is 0 Å². The molecule has 0 spiro atoms. The molecule has 0 radical (unpaired) electrons. The van der Waals surface area contributed by atoms with Gasteiger partial charge in [0.15, 0.2) is 11.5 Å². The molecule has 3 aromatic rings. The van der Waals surface area contributed by atoms with Crippen LogP contribution in [0, 0.1) is 0 Å². The van der Waals surface area contributed by atoms with E-state index in [4.69, 9.17) is 14.2 Å². The van der Waals surface area contributed by atoms with Gasteiger partial charge < -0.3 is 14.2 Å². The third-order valence-electron chi connectivity index (χ3n) is 5.52. The molecule has 0 N–H and O–H groups in total. The van der Waals surface area contributed by atoms with E-state index in [-0.39, 0.29) is 23.0 Å². The first kappa shape index (κ1) is 23.4. The maximum atomic E-state index is 13.7. The molecule has 1 aliphatic heterocycles. The fourth-order valence-corrected chi connectivity index (χ4v) is 5.56. The van der Waals surface area contributed by atoms with Gasteiger partial charge >= 0.3 is 5.97 Å². The quantitative estimate of drug-likeness (QED) is 0.356. The van der Waals surface area contributed by atoms with E-state index in [0.717, 1.165) is 11.1 Å². The number of fused-ring (bicyclic) bond motifs is 1. The molecule has 3 aromatic carbocycles. The second kappa shape index (κ2) is 10.0. The lowest BCUT2D eigenvalue weighted by molar-refractivity contribution is -0.138. The molecule has 0 saturated carbocycles. The number of benzene rings is 3. The van der Waals surface area contributed by atoms with Crippen molar-refractivity contribution in [2.24, 2.45) is 0 Å². The zero-order valence-electron chi connectivity index (χ0n) is 18.9. The number of anilines is 1. The Morgan fingerprint density at radius 2 is 1.74 bits per heavy atom. The molecular formula is C26H25NO6S. The second-order valence-electron chi connectivity index (χ2n) is 7.64. The number of rotatable bonds is 8. The number of para-hydroxylation sites is 1. The summed E-state index contributed by atoms with van der Waals surface area (Å²) in [5.41, 5.74) is 2.94. The summed E-state index contributed by atoms with van der Waals surface area (Å²) in [6.45, 7) is 0.475. The van der Waals surface area contributed by atoms with Gasteiger partial charge in [0.1, 0.15) is 11.5 Å². The average molecular weight is 480 g/mol. The SMILES string of the molecule is COc1cc(C=CC(=O)OCc2ccccc2)cc(S(=O)(=O)N2CCc3ccccc32)c1OC. The first-order valence-electron chi connectivity index (χ1n) is 10.7. The molecule has 1 aliphatic rings. The maximum Gasteiger partial charge on any atom is 0.331 e. The number of nitrogens with zero attached hydrogens (tertiary/aromatic N) is 1. The van der Waals surface area contributed by atoms with Crippen LogP contribution in [0.25, 0.3) is 6.08 Å². The number of sulfonamides is 1. The van der Waals surface area contributed by atoms with E-state index >= 15 is 0 Å². The molecule has 0 fully saturated rings. The van der Waals surface area contributed by atoms with Gasteiger partial charge in [-0.3, -0.25) is 4.31 Å². The van der Waals surface area contributed by atoms with Crippen LogP contribution in [0.1, 0.15) is 16.7 Å². The standard InChI is InChI=1S/C26H25NO6S/c1-31-23-16-20(12-13-25(28)33-18-19-8-4-3-5-9-19)17-24(26(23)32-2)34(29,30)27-15-14-21-10-6-7-11-22(21)27/h3-13,16-17H,14-15,18H2,1-2H3. The van der Waals surface area contributed by atoms with Gasteiger partial charge in [-0.2, -0.15) is 0 Å². The molecular weight excluding hydrogens is 454 g/mol. The average Bonchev–Trinajstić information content (AvgIpc) is 3.31. The Labute approximate surface area is 199 Å². The summed E-state index contributed by atoms with van der Waals surface area (Å²) in [5, 5.41) is 0. The van der Waals surface area contributed by atoms with Gasteiger partial charge in [-0.05, 0) is 47.4 Å². The molecule has 8 heteroatoms. The summed E-state index contributed by atoms with van der Waals surface area (Å²) in [4.78, 5) is 12.2. The summed E-state index contributed by atoms with van der Waals surface area (Å²) in [6.07, 6.45) is 3.37. The highest BCUT2D eigenvalue weighted by Gasteiger charge is 2.34. The Balaban J connectivity index is 1.63. The first-order valence-corrected chi connectivity index (χ1v) is 12.1. The minimum absolute atomic E-state index is 0.0386. The van der Waals surface area contributed by atoms with E-state index in [9.17, 15) is 13.2 Å². The van der Waals surface area contributed by atoms with Crippen molar-refractivity contribution >= 4 is 27.8 Å². The topological polar surface area (TPSA) is 82.1 Å². The largest absolute Gasteiger partial charge is 0.493 e. The summed E-state index contributed by atoms with van der Waals surface area (Å²) >= 11 is 0. The van der Waals surface area contributed by atoms with E-state index in [0.29, 0.717) is 24.2 Å². The van der Waals surface area contributed by atoms with Crippen molar-refractivity contribution in [2.45, 2.75) is 17.9 Å². The number of esters is 1. The Morgan fingerprint density at radius 3 is 2.47 bits per heavy atom. The highest BCUT2D eigenvalue weighted by molar-refractivity contribution is 7.93. The van der Waals surface area contributed by atoms with Gasteiger partial charge in [-0.1, -0.05) is 48.5 Å². The first-order chi connectivity index (χ1) is 16.4. The van der Waals surface area contributed by atoms with Gasteiger partial charge in [-0.25, -0.2) is 13.2 Å². The summed E-state index contributed by atoms with van der Waals surface area (Å²) in [5.74, 6) is -0.194. The van der Waals surface area contributed by atoms with Crippen LogP contribution in [0.15, 0.2) is 77.7 Å². The molecule has 1 heterocycles. The van der Waals surface area contributed by atoms with Gasteiger partial charge in [0.05, 0.1) is 19.9 Å². The summed E-state index contributed by atoms with van der Waals surface area (Å²) < 4.78 is 44.8. The van der Waals surface area contributed by atoms with E-state index in [1.54, 1.807) is 12.1 Å². The van der Waals surface area contributed by atoms with Crippen molar-refractivity contribution in [1.29, 1.82) is 0 Å². The Morgan fingerprint density at radius 1 is 1.00 bits per heavy atom. The number of hydrogen-bond donors (Lipinski definition) is 0. The van der Waals surface area contributed by atoms with Crippen LogP contribution in [0.5, 0.6) is 11.5 Å². The Hall–Kier alpha value is -3.78. The number of carbonyl (C=O) groups is 1. The predicted molar refractivity (Wildman–Crippen MR) is 129 cm³/mol. The highest BCUT2D eigenvalue weighted by atomic mass is 32.2.